The first-order chi connectivity index (χ1) is 7.97. The number of nitrogens with two attached hydrogens (primary N) is 1. The number of carbonyl (C=O) groups excluding carboxylic acids is 1. The number of nitrogen functional groups attached to an aromatic ring is 1. The molecule has 0 saturated heterocycles. The molecule has 0 aliphatic rings. The summed E-state index contributed by atoms with van der Waals surface area (Å²) in [4.78, 5) is 21.2. The third-order valence-electron chi connectivity index (χ3n) is 1.92. The fourth-order valence-electron chi connectivity index (χ4n) is 1.17. The molecule has 0 atom stereocenters. The van der Waals surface area contributed by atoms with Crippen LogP contribution in [0.25, 0.3) is 0 Å². The first kappa shape index (κ1) is 12.4. The summed E-state index contributed by atoms with van der Waals surface area (Å²) in [5, 5.41) is 12.8. The number of nitro groups is 1. The fraction of sp³-hybridized carbons (Fsp3) is 0.100. The zero-order chi connectivity index (χ0) is 13.0. The minimum Gasteiger partial charge on any atom is -0.393 e. The van der Waals surface area contributed by atoms with Crippen molar-refractivity contribution < 1.29 is 14.1 Å². The molecular weight excluding hydrogens is 229 g/mol. The molecule has 0 spiro atoms. The molecule has 7 heteroatoms. The zero-order valence-corrected chi connectivity index (χ0v) is 8.57. The molecule has 0 unspecified atom stereocenters. The molecule has 6 nitrogen and oxygen atoms in total. The van der Waals surface area contributed by atoms with Crippen LogP contribution in [0.1, 0.15) is 10.4 Å². The van der Waals surface area contributed by atoms with E-state index in [4.69, 9.17) is 12.2 Å². The van der Waals surface area contributed by atoms with Crippen LogP contribution < -0.4 is 11.1 Å². The van der Waals surface area contributed by atoms with E-state index in [9.17, 15) is 19.3 Å². The first-order valence-electron chi connectivity index (χ1n) is 4.42. The van der Waals surface area contributed by atoms with E-state index in [0.29, 0.717) is 6.07 Å². The van der Waals surface area contributed by atoms with Crippen molar-refractivity contribution in [1.82, 2.24) is 5.32 Å². The smallest absolute Gasteiger partial charge is 0.295 e. The third-order valence-corrected chi connectivity index (χ3v) is 1.92. The van der Waals surface area contributed by atoms with E-state index in [1.807, 2.05) is 0 Å². The number of rotatable bonds is 3. The predicted molar refractivity (Wildman–Crippen MR) is 58.6 cm³/mol. The van der Waals surface area contributed by atoms with Gasteiger partial charge in [0.05, 0.1) is 23.1 Å². The van der Waals surface area contributed by atoms with Crippen LogP contribution in [0, 0.1) is 28.3 Å². The lowest BCUT2D eigenvalue weighted by atomic mass is 10.1. The van der Waals surface area contributed by atoms with Gasteiger partial charge in [0.2, 0.25) is 0 Å². The van der Waals surface area contributed by atoms with Crippen molar-refractivity contribution in [3.63, 3.8) is 0 Å². The molecular formula is C10H8FN3O3. The van der Waals surface area contributed by atoms with Gasteiger partial charge in [0.15, 0.2) is 0 Å². The van der Waals surface area contributed by atoms with Crippen LogP contribution in [0.4, 0.5) is 15.8 Å². The highest BCUT2D eigenvalue weighted by atomic mass is 19.1. The second-order valence-electron chi connectivity index (χ2n) is 3.03. The Hall–Kier alpha value is -2.62. The van der Waals surface area contributed by atoms with E-state index >= 15 is 0 Å². The van der Waals surface area contributed by atoms with Gasteiger partial charge in [-0.3, -0.25) is 14.9 Å². The maximum absolute atomic E-state index is 13.1. The fourth-order valence-corrected chi connectivity index (χ4v) is 1.17. The Labute approximate surface area is 95.8 Å². The maximum atomic E-state index is 13.1. The van der Waals surface area contributed by atoms with Gasteiger partial charge in [-0.25, -0.2) is 4.39 Å². The van der Waals surface area contributed by atoms with Gasteiger partial charge in [-0.05, 0) is 6.07 Å². The second kappa shape index (κ2) is 4.94. The van der Waals surface area contributed by atoms with Crippen molar-refractivity contribution in [2.24, 2.45) is 0 Å². The highest BCUT2D eigenvalue weighted by Crippen LogP contribution is 2.26. The molecule has 1 amide bonds. The van der Waals surface area contributed by atoms with E-state index in [2.05, 4.69) is 11.2 Å². The van der Waals surface area contributed by atoms with Gasteiger partial charge < -0.3 is 11.1 Å². The average molecular weight is 237 g/mol. The van der Waals surface area contributed by atoms with Crippen LogP contribution in [0.5, 0.6) is 0 Å². The van der Waals surface area contributed by atoms with Crippen LogP contribution in [0.2, 0.25) is 0 Å². The van der Waals surface area contributed by atoms with E-state index in [1.165, 1.54) is 0 Å². The number of hydrogen-bond donors (Lipinski definition) is 2. The van der Waals surface area contributed by atoms with Crippen molar-refractivity contribution in [1.29, 1.82) is 0 Å². The topological polar surface area (TPSA) is 98.3 Å². The van der Waals surface area contributed by atoms with Crippen molar-refractivity contribution in [3.8, 4) is 12.3 Å². The third kappa shape index (κ3) is 2.69. The molecule has 0 radical (unpaired) electrons. The average Bonchev–Trinajstić information content (AvgIpc) is 2.28. The molecule has 0 saturated carbocycles. The summed E-state index contributed by atoms with van der Waals surface area (Å²) in [5.74, 6) is 0.459. The molecule has 0 aliphatic heterocycles. The number of benzene rings is 1. The van der Waals surface area contributed by atoms with Gasteiger partial charge in [-0.15, -0.1) is 6.42 Å². The highest BCUT2D eigenvalue weighted by molar-refractivity contribution is 6.01. The van der Waals surface area contributed by atoms with Gasteiger partial charge in [0.1, 0.15) is 11.5 Å². The van der Waals surface area contributed by atoms with Crippen LogP contribution in [0.15, 0.2) is 12.1 Å². The molecule has 1 aromatic rings. The molecule has 0 heterocycles. The van der Waals surface area contributed by atoms with Gasteiger partial charge in [-0.1, -0.05) is 5.92 Å². The summed E-state index contributed by atoms with van der Waals surface area (Å²) in [6.45, 7) is -0.0808. The Morgan fingerprint density at radius 3 is 2.82 bits per heavy atom. The lowest BCUT2D eigenvalue weighted by Crippen LogP contribution is -2.25. The number of terminal acetylenes is 1. The highest BCUT2D eigenvalue weighted by Gasteiger charge is 2.21. The number of anilines is 1. The molecule has 0 aliphatic carbocycles. The predicted octanol–water partition coefficient (Wildman–Crippen LogP) is 0.679. The van der Waals surface area contributed by atoms with Crippen LogP contribution in [0.3, 0.4) is 0 Å². The molecule has 3 N–H and O–H groups in total. The first-order valence-corrected chi connectivity index (χ1v) is 4.42. The van der Waals surface area contributed by atoms with Crippen LogP contribution >= 0.6 is 0 Å². The summed E-state index contributed by atoms with van der Waals surface area (Å²) >= 11 is 0. The lowest BCUT2D eigenvalue weighted by molar-refractivity contribution is -0.384. The molecule has 17 heavy (non-hydrogen) atoms. The minimum absolute atomic E-state index is 0.0808. The Morgan fingerprint density at radius 1 is 1.65 bits per heavy atom. The largest absolute Gasteiger partial charge is 0.393 e. The molecule has 88 valence electrons. The molecule has 0 fully saturated rings. The van der Waals surface area contributed by atoms with E-state index in [0.717, 1.165) is 6.07 Å². The van der Waals surface area contributed by atoms with E-state index in [-0.39, 0.29) is 12.1 Å². The number of nitrogens with zero attached hydrogens (tertiary/aromatic N) is 1. The number of amides is 1. The van der Waals surface area contributed by atoms with E-state index < -0.39 is 28.0 Å². The summed E-state index contributed by atoms with van der Waals surface area (Å²) < 4.78 is 13.1. The van der Waals surface area contributed by atoms with Crippen molar-refractivity contribution in [2.45, 2.75) is 0 Å². The minimum atomic E-state index is -0.920. The summed E-state index contributed by atoms with van der Waals surface area (Å²) in [5.41, 5.74) is 4.04. The van der Waals surface area contributed by atoms with Crippen molar-refractivity contribution in [3.05, 3.63) is 33.6 Å². The van der Waals surface area contributed by atoms with Gasteiger partial charge in [0, 0.05) is 0 Å². The van der Waals surface area contributed by atoms with Gasteiger partial charge in [-0.2, -0.15) is 0 Å². The van der Waals surface area contributed by atoms with Gasteiger partial charge in [0.25, 0.3) is 11.6 Å². The van der Waals surface area contributed by atoms with Gasteiger partial charge >= 0.3 is 0 Å². The standard InChI is InChI=1S/C10H8FN3O3/c1-2-3-13-10(15)7-4-6(11)5-8(9(7)12)14(16)17/h1,4-5H,3,12H2,(H,13,15). The zero-order valence-electron chi connectivity index (χ0n) is 8.57. The molecule has 1 aromatic carbocycles. The normalized spacial score (nSPS) is 9.41. The molecule has 0 aromatic heterocycles. The summed E-state index contributed by atoms with van der Waals surface area (Å²) in [6, 6.07) is 1.46. The Kier molecular flexibility index (Phi) is 3.62. The SMILES string of the molecule is C#CCNC(=O)c1cc(F)cc([N+](=O)[O-])c1N. The van der Waals surface area contributed by atoms with Crippen molar-refractivity contribution in [2.75, 3.05) is 12.3 Å². The van der Waals surface area contributed by atoms with E-state index in [1.54, 1.807) is 0 Å². The molecule has 1 rings (SSSR count). The number of halogens is 1. The van der Waals surface area contributed by atoms with Crippen LogP contribution in [-0.2, 0) is 0 Å². The van der Waals surface area contributed by atoms with Crippen molar-refractivity contribution >= 4 is 17.3 Å². The number of nitrogens with one attached hydrogen (secondary N) is 1. The maximum Gasteiger partial charge on any atom is 0.295 e. The summed E-state index contributed by atoms with van der Waals surface area (Å²) in [7, 11) is 0. The number of hydrogen-bond acceptors (Lipinski definition) is 4. The number of carbonyl (C=O) groups is 1. The molecule has 0 bridgehead atoms. The Morgan fingerprint density at radius 2 is 2.29 bits per heavy atom. The Balaban J connectivity index is 3.21. The monoisotopic (exact) mass is 237 g/mol. The Bertz CT molecular complexity index is 522. The quantitative estimate of drug-likeness (QED) is 0.349. The lowest BCUT2D eigenvalue weighted by Gasteiger charge is -2.06. The number of nitro benzene ring substituents is 1. The van der Waals surface area contributed by atoms with Crippen LogP contribution in [-0.4, -0.2) is 17.4 Å². The summed E-state index contributed by atoms with van der Waals surface area (Å²) in [6.07, 6.45) is 4.92. The second-order valence-corrected chi connectivity index (χ2v) is 3.03.